The number of nitrogens with one attached hydrogen (secondary N) is 1. The predicted molar refractivity (Wildman–Crippen MR) is 96.2 cm³/mol. The molecule has 1 aliphatic rings. The molecular formula is C19H18BrN3O. The van der Waals surface area contributed by atoms with Crippen molar-refractivity contribution in [1.29, 1.82) is 0 Å². The highest BCUT2D eigenvalue weighted by atomic mass is 79.9. The van der Waals surface area contributed by atoms with Gasteiger partial charge in [-0.2, -0.15) is 0 Å². The Morgan fingerprint density at radius 2 is 1.75 bits per heavy atom. The van der Waals surface area contributed by atoms with Crippen LogP contribution >= 0.6 is 15.9 Å². The molecule has 5 heteroatoms. The molecule has 0 radical (unpaired) electrons. The average molecular weight is 384 g/mol. The smallest absolute Gasteiger partial charge is 0.247 e. The van der Waals surface area contributed by atoms with E-state index in [4.69, 9.17) is 4.42 Å². The number of nitrogens with zero attached hydrogens (tertiary/aromatic N) is 2. The summed E-state index contributed by atoms with van der Waals surface area (Å²) in [5.41, 5.74) is 2.02. The fraction of sp³-hybridized carbons (Fsp3) is 0.263. The average Bonchev–Trinajstić information content (AvgIpc) is 3.06. The van der Waals surface area contributed by atoms with E-state index in [-0.39, 0.29) is 5.54 Å². The molecule has 0 spiro atoms. The van der Waals surface area contributed by atoms with Gasteiger partial charge in [0, 0.05) is 16.6 Å². The maximum Gasteiger partial charge on any atom is 0.247 e. The van der Waals surface area contributed by atoms with Crippen molar-refractivity contribution >= 4 is 15.9 Å². The first-order valence-corrected chi connectivity index (χ1v) is 8.93. The van der Waals surface area contributed by atoms with Gasteiger partial charge in [-0.05, 0) is 49.1 Å². The van der Waals surface area contributed by atoms with Gasteiger partial charge < -0.3 is 4.42 Å². The lowest BCUT2D eigenvalue weighted by atomic mass is 9.76. The molecule has 1 heterocycles. The van der Waals surface area contributed by atoms with Gasteiger partial charge in [-0.1, -0.05) is 46.3 Å². The van der Waals surface area contributed by atoms with E-state index in [1.54, 1.807) is 0 Å². The molecule has 0 atom stereocenters. The number of halogens is 1. The molecule has 3 aromatic rings. The van der Waals surface area contributed by atoms with Crippen LogP contribution in [-0.2, 0) is 12.1 Å². The minimum absolute atomic E-state index is 0.184. The number of aromatic nitrogens is 2. The van der Waals surface area contributed by atoms with Crippen LogP contribution in [-0.4, -0.2) is 10.2 Å². The molecule has 1 aromatic heterocycles. The number of benzene rings is 2. The molecule has 0 amide bonds. The third-order valence-electron chi connectivity index (χ3n) is 4.61. The number of hydrogen-bond donors (Lipinski definition) is 1. The highest BCUT2D eigenvalue weighted by Crippen LogP contribution is 2.41. The summed E-state index contributed by atoms with van der Waals surface area (Å²) in [4.78, 5) is 0. The molecular weight excluding hydrogens is 366 g/mol. The maximum atomic E-state index is 6.01. The third kappa shape index (κ3) is 3.01. The topological polar surface area (TPSA) is 51.0 Å². The molecule has 1 N–H and O–H groups in total. The third-order valence-corrected chi connectivity index (χ3v) is 5.14. The molecule has 0 saturated heterocycles. The van der Waals surface area contributed by atoms with E-state index < -0.39 is 0 Å². The van der Waals surface area contributed by atoms with E-state index in [2.05, 4.69) is 55.7 Å². The van der Waals surface area contributed by atoms with Crippen LogP contribution in [0.4, 0.5) is 0 Å². The lowest BCUT2D eigenvalue weighted by Gasteiger charge is -2.39. The predicted octanol–water partition coefficient (Wildman–Crippen LogP) is 4.67. The Hall–Kier alpha value is -1.98. The Morgan fingerprint density at radius 3 is 2.42 bits per heavy atom. The second-order valence-electron chi connectivity index (χ2n) is 6.19. The standard InChI is InChI=1S/C19H18BrN3O/c20-16-9-7-15(8-10-16)17-22-23-18(24-17)19(11-4-12-19)21-13-14-5-2-1-3-6-14/h1-3,5-10,21H,4,11-13H2. The van der Waals surface area contributed by atoms with Gasteiger partial charge in [0.15, 0.2) is 0 Å². The number of hydrogen-bond acceptors (Lipinski definition) is 4. The van der Waals surface area contributed by atoms with Gasteiger partial charge in [0.05, 0.1) is 5.54 Å². The van der Waals surface area contributed by atoms with Gasteiger partial charge in [-0.25, -0.2) is 0 Å². The zero-order valence-electron chi connectivity index (χ0n) is 13.2. The normalized spacial score (nSPS) is 15.9. The molecule has 0 aliphatic heterocycles. The molecule has 4 rings (SSSR count). The highest BCUT2D eigenvalue weighted by molar-refractivity contribution is 9.10. The van der Waals surface area contributed by atoms with Crippen LogP contribution in [0, 0.1) is 0 Å². The molecule has 1 fully saturated rings. The minimum atomic E-state index is -0.184. The van der Waals surface area contributed by atoms with Crippen molar-refractivity contribution in [2.75, 3.05) is 0 Å². The zero-order chi connectivity index (χ0) is 16.4. The Labute approximate surface area is 149 Å². The van der Waals surface area contributed by atoms with E-state index in [0.717, 1.165) is 29.4 Å². The van der Waals surface area contributed by atoms with E-state index in [1.807, 2.05) is 30.3 Å². The van der Waals surface area contributed by atoms with Crippen LogP contribution in [0.2, 0.25) is 0 Å². The van der Waals surface area contributed by atoms with Gasteiger partial charge in [-0.15, -0.1) is 10.2 Å². The zero-order valence-corrected chi connectivity index (χ0v) is 14.8. The van der Waals surface area contributed by atoms with Crippen LogP contribution in [0.15, 0.2) is 63.5 Å². The Morgan fingerprint density at radius 1 is 1.00 bits per heavy atom. The van der Waals surface area contributed by atoms with Gasteiger partial charge in [-0.3, -0.25) is 5.32 Å². The molecule has 122 valence electrons. The summed E-state index contributed by atoms with van der Waals surface area (Å²) in [7, 11) is 0. The molecule has 1 saturated carbocycles. The van der Waals surface area contributed by atoms with Gasteiger partial charge >= 0.3 is 0 Å². The van der Waals surface area contributed by atoms with Crippen LogP contribution in [0.5, 0.6) is 0 Å². The van der Waals surface area contributed by atoms with E-state index in [0.29, 0.717) is 11.8 Å². The summed E-state index contributed by atoms with van der Waals surface area (Å²) in [5.74, 6) is 1.27. The Bertz CT molecular complexity index is 810. The van der Waals surface area contributed by atoms with Crippen molar-refractivity contribution in [3.63, 3.8) is 0 Å². The summed E-state index contributed by atoms with van der Waals surface area (Å²) >= 11 is 3.44. The molecule has 1 aliphatic carbocycles. The SMILES string of the molecule is Brc1ccc(-c2nnc(C3(NCc4ccccc4)CCC3)o2)cc1. The quantitative estimate of drug-likeness (QED) is 0.695. The summed E-state index contributed by atoms with van der Waals surface area (Å²) in [6.45, 7) is 0.802. The lowest BCUT2D eigenvalue weighted by Crippen LogP contribution is -2.47. The van der Waals surface area contributed by atoms with Crippen LogP contribution in [0.25, 0.3) is 11.5 Å². The molecule has 24 heavy (non-hydrogen) atoms. The van der Waals surface area contributed by atoms with Crippen molar-refractivity contribution in [1.82, 2.24) is 15.5 Å². The van der Waals surface area contributed by atoms with Crippen molar-refractivity contribution in [3.05, 3.63) is 70.5 Å². The van der Waals surface area contributed by atoms with E-state index in [9.17, 15) is 0 Å². The molecule has 0 unspecified atom stereocenters. The monoisotopic (exact) mass is 383 g/mol. The highest BCUT2D eigenvalue weighted by Gasteiger charge is 2.43. The van der Waals surface area contributed by atoms with Gasteiger partial charge in [0.25, 0.3) is 0 Å². The fourth-order valence-corrected chi connectivity index (χ4v) is 3.25. The fourth-order valence-electron chi connectivity index (χ4n) is 2.99. The van der Waals surface area contributed by atoms with Crippen molar-refractivity contribution in [2.45, 2.75) is 31.3 Å². The maximum absolute atomic E-state index is 6.01. The molecule has 4 nitrogen and oxygen atoms in total. The summed E-state index contributed by atoms with van der Waals surface area (Å²) in [6, 6.07) is 18.3. The van der Waals surface area contributed by atoms with Gasteiger partial charge in [0.2, 0.25) is 11.8 Å². The summed E-state index contributed by atoms with van der Waals surface area (Å²) in [6.07, 6.45) is 3.24. The largest absolute Gasteiger partial charge is 0.419 e. The summed E-state index contributed by atoms with van der Waals surface area (Å²) in [5, 5.41) is 12.2. The lowest BCUT2D eigenvalue weighted by molar-refractivity contribution is 0.141. The molecule has 0 bridgehead atoms. The number of rotatable bonds is 5. The first kappa shape index (κ1) is 15.5. The first-order valence-electron chi connectivity index (χ1n) is 8.14. The second-order valence-corrected chi connectivity index (χ2v) is 7.11. The van der Waals surface area contributed by atoms with Crippen molar-refractivity contribution in [3.8, 4) is 11.5 Å². The molecule has 2 aromatic carbocycles. The Balaban J connectivity index is 1.54. The summed E-state index contributed by atoms with van der Waals surface area (Å²) < 4.78 is 7.04. The van der Waals surface area contributed by atoms with Gasteiger partial charge in [0.1, 0.15) is 0 Å². The van der Waals surface area contributed by atoms with Crippen molar-refractivity contribution < 1.29 is 4.42 Å². The van der Waals surface area contributed by atoms with E-state index in [1.165, 1.54) is 12.0 Å². The minimum Gasteiger partial charge on any atom is -0.419 e. The van der Waals surface area contributed by atoms with E-state index >= 15 is 0 Å². The first-order chi connectivity index (χ1) is 11.8. The Kier molecular flexibility index (Phi) is 4.21. The van der Waals surface area contributed by atoms with Crippen LogP contribution < -0.4 is 5.32 Å². The van der Waals surface area contributed by atoms with Crippen molar-refractivity contribution in [2.24, 2.45) is 0 Å². The van der Waals surface area contributed by atoms with Crippen LogP contribution in [0.1, 0.15) is 30.7 Å². The van der Waals surface area contributed by atoms with Crippen LogP contribution in [0.3, 0.4) is 0 Å². The second kappa shape index (κ2) is 6.49.